The minimum atomic E-state index is -5.06. The molecular formula is C11H16F4N2O3S. The van der Waals surface area contributed by atoms with E-state index in [0.29, 0.717) is 12.1 Å². The summed E-state index contributed by atoms with van der Waals surface area (Å²) in [4.78, 5) is 5.57. The fraction of sp³-hybridized carbons (Fsp3) is 0.909. The van der Waals surface area contributed by atoms with Gasteiger partial charge in [0.2, 0.25) is 0 Å². The van der Waals surface area contributed by atoms with E-state index in [2.05, 4.69) is 4.99 Å². The second-order valence-electron chi connectivity index (χ2n) is 5.42. The lowest BCUT2D eigenvalue weighted by atomic mass is 9.87. The Labute approximate surface area is 123 Å². The predicted molar refractivity (Wildman–Crippen MR) is 68.7 cm³/mol. The van der Waals surface area contributed by atoms with Crippen LogP contribution in [0.25, 0.3) is 0 Å². The van der Waals surface area contributed by atoms with Gasteiger partial charge in [-0.3, -0.25) is 4.99 Å². The van der Waals surface area contributed by atoms with Crippen LogP contribution in [0.5, 0.6) is 0 Å². The van der Waals surface area contributed by atoms with Crippen molar-refractivity contribution in [1.82, 2.24) is 4.90 Å². The molecule has 0 aliphatic carbocycles. The molecule has 2 aliphatic rings. The second-order valence-corrected chi connectivity index (χ2v) is 6.49. The average molecular weight is 332 g/mol. The fourth-order valence-electron chi connectivity index (χ4n) is 2.16. The summed E-state index contributed by atoms with van der Waals surface area (Å²) in [5, 5.41) is 19.8. The van der Waals surface area contributed by atoms with E-state index < -0.39 is 41.6 Å². The number of amidine groups is 1. The Morgan fingerprint density at radius 3 is 2.38 bits per heavy atom. The maximum atomic E-state index is 14.2. The largest absolute Gasteiger partial charge is 0.419 e. The number of thioether (sulfide) groups is 1. The highest BCUT2D eigenvalue weighted by molar-refractivity contribution is 8.14. The van der Waals surface area contributed by atoms with E-state index in [-0.39, 0.29) is 0 Å². The standard InChI is InChI=1S/C11H16F4N2O3S/c1-10(19,11(13,14)15)7-6(18)4(12)5-8(20-7)21-9(16-5)17(2)3/h4-8,18-19H,1-3H3/t4-,5-,6+,7+,8-,10?/m1/s1. The highest BCUT2D eigenvalue weighted by Gasteiger charge is 2.63. The van der Waals surface area contributed by atoms with Crippen LogP contribution in [0.4, 0.5) is 17.6 Å². The Bertz CT molecular complexity index is 444. The van der Waals surface area contributed by atoms with Crippen LogP contribution in [-0.4, -0.2) is 76.0 Å². The summed E-state index contributed by atoms with van der Waals surface area (Å²) in [5.41, 5.74) is -4.37. The average Bonchev–Trinajstić information content (AvgIpc) is 2.76. The minimum Gasteiger partial charge on any atom is -0.387 e. The molecular weight excluding hydrogens is 316 g/mol. The van der Waals surface area contributed by atoms with Gasteiger partial charge in [0, 0.05) is 14.1 Å². The molecule has 2 N–H and O–H groups in total. The van der Waals surface area contributed by atoms with Crippen molar-refractivity contribution in [2.24, 2.45) is 4.99 Å². The molecule has 122 valence electrons. The Balaban J connectivity index is 2.25. The van der Waals surface area contributed by atoms with Crippen molar-refractivity contribution in [3.63, 3.8) is 0 Å². The molecule has 0 amide bonds. The van der Waals surface area contributed by atoms with Gasteiger partial charge in [-0.25, -0.2) is 4.39 Å². The number of ether oxygens (including phenoxy) is 1. The maximum Gasteiger partial charge on any atom is 0.419 e. The van der Waals surface area contributed by atoms with E-state index in [1.165, 1.54) is 0 Å². The number of aliphatic imine (C=N–C) groups is 1. The highest BCUT2D eigenvalue weighted by atomic mass is 32.2. The molecule has 0 aromatic heterocycles. The van der Waals surface area contributed by atoms with Crippen LogP contribution in [0.15, 0.2) is 4.99 Å². The summed E-state index contributed by atoms with van der Waals surface area (Å²) in [6.45, 7) is 0.460. The van der Waals surface area contributed by atoms with Crippen LogP contribution in [0.3, 0.4) is 0 Å². The first-order valence-electron chi connectivity index (χ1n) is 6.15. The topological polar surface area (TPSA) is 65.3 Å². The van der Waals surface area contributed by atoms with Crippen molar-refractivity contribution in [3.8, 4) is 0 Å². The Morgan fingerprint density at radius 1 is 1.33 bits per heavy atom. The van der Waals surface area contributed by atoms with Gasteiger partial charge in [0.05, 0.1) is 0 Å². The molecule has 5 nitrogen and oxygen atoms in total. The Kier molecular flexibility index (Phi) is 4.20. The number of halogens is 4. The SMILES string of the molecule is CN(C)C1=N[C@@H]2[C@@H](F)[C@H](O)[C@@H](C(C)(O)C(F)(F)F)O[C@@H]2S1. The lowest BCUT2D eigenvalue weighted by Gasteiger charge is -2.43. The number of hydrogen-bond acceptors (Lipinski definition) is 6. The lowest BCUT2D eigenvalue weighted by molar-refractivity contribution is -0.314. The minimum absolute atomic E-state index is 0.396. The van der Waals surface area contributed by atoms with Crippen LogP contribution >= 0.6 is 11.8 Å². The van der Waals surface area contributed by atoms with Crippen LogP contribution in [0.2, 0.25) is 0 Å². The van der Waals surface area contributed by atoms with Crippen molar-refractivity contribution in [1.29, 1.82) is 0 Å². The van der Waals surface area contributed by atoms with E-state index in [4.69, 9.17) is 4.74 Å². The normalized spacial score (nSPS) is 39.5. The second kappa shape index (κ2) is 5.25. The van der Waals surface area contributed by atoms with E-state index >= 15 is 0 Å². The molecule has 2 heterocycles. The predicted octanol–water partition coefficient (Wildman–Crippen LogP) is 0.757. The van der Waals surface area contributed by atoms with Crippen molar-refractivity contribution in [3.05, 3.63) is 0 Å². The maximum absolute atomic E-state index is 14.2. The molecule has 2 rings (SSSR count). The van der Waals surface area contributed by atoms with E-state index in [1.54, 1.807) is 19.0 Å². The molecule has 6 atom stereocenters. The molecule has 0 bridgehead atoms. The van der Waals surface area contributed by atoms with Crippen LogP contribution < -0.4 is 0 Å². The van der Waals surface area contributed by atoms with Gasteiger partial charge in [-0.2, -0.15) is 13.2 Å². The zero-order chi connectivity index (χ0) is 16.2. The Hall–Kier alpha value is -0.580. The van der Waals surface area contributed by atoms with Crippen molar-refractivity contribution in [2.75, 3.05) is 14.1 Å². The van der Waals surface area contributed by atoms with E-state index in [0.717, 1.165) is 11.8 Å². The first-order chi connectivity index (χ1) is 9.46. The van der Waals surface area contributed by atoms with Gasteiger partial charge < -0.3 is 19.8 Å². The smallest absolute Gasteiger partial charge is 0.387 e. The number of aliphatic hydroxyl groups is 2. The van der Waals surface area contributed by atoms with Gasteiger partial charge in [0.25, 0.3) is 0 Å². The van der Waals surface area contributed by atoms with Crippen molar-refractivity contribution >= 4 is 16.9 Å². The van der Waals surface area contributed by atoms with Gasteiger partial charge in [0.15, 0.2) is 16.9 Å². The molecule has 10 heteroatoms. The molecule has 0 radical (unpaired) electrons. The number of alkyl halides is 4. The number of fused-ring (bicyclic) bond motifs is 1. The van der Waals surface area contributed by atoms with Gasteiger partial charge in [-0.1, -0.05) is 11.8 Å². The Morgan fingerprint density at radius 2 is 1.90 bits per heavy atom. The summed E-state index contributed by atoms with van der Waals surface area (Å²) in [7, 11) is 3.30. The quantitative estimate of drug-likeness (QED) is 0.694. The number of rotatable bonds is 1. The summed E-state index contributed by atoms with van der Waals surface area (Å²) in [6.07, 6.45) is -11.3. The van der Waals surface area contributed by atoms with Gasteiger partial charge in [-0.15, -0.1) is 0 Å². The highest BCUT2D eigenvalue weighted by Crippen LogP contribution is 2.44. The zero-order valence-corrected chi connectivity index (χ0v) is 12.3. The summed E-state index contributed by atoms with van der Waals surface area (Å²) in [6, 6.07) is -1.09. The fourth-order valence-corrected chi connectivity index (χ4v) is 3.29. The number of aliphatic hydroxyl groups excluding tert-OH is 1. The van der Waals surface area contributed by atoms with E-state index in [1.807, 2.05) is 0 Å². The third kappa shape index (κ3) is 2.73. The molecule has 1 fully saturated rings. The van der Waals surface area contributed by atoms with Crippen molar-refractivity contribution in [2.45, 2.75) is 48.6 Å². The van der Waals surface area contributed by atoms with E-state index in [9.17, 15) is 27.8 Å². The molecule has 0 aromatic carbocycles. The molecule has 21 heavy (non-hydrogen) atoms. The lowest BCUT2D eigenvalue weighted by Crippen LogP contribution is -2.65. The molecule has 0 spiro atoms. The first-order valence-corrected chi connectivity index (χ1v) is 7.03. The molecule has 1 unspecified atom stereocenters. The van der Waals surface area contributed by atoms with Gasteiger partial charge >= 0.3 is 6.18 Å². The van der Waals surface area contributed by atoms with Crippen LogP contribution in [0, 0.1) is 0 Å². The number of nitrogens with zero attached hydrogens (tertiary/aromatic N) is 2. The third-order valence-electron chi connectivity index (χ3n) is 3.51. The van der Waals surface area contributed by atoms with Crippen LogP contribution in [-0.2, 0) is 4.74 Å². The zero-order valence-electron chi connectivity index (χ0n) is 11.5. The number of hydrogen-bond donors (Lipinski definition) is 2. The molecule has 0 aromatic rings. The summed E-state index contributed by atoms with van der Waals surface area (Å²) in [5.74, 6) is 0. The van der Waals surface area contributed by atoms with Crippen LogP contribution in [0.1, 0.15) is 6.92 Å². The molecule has 1 saturated heterocycles. The third-order valence-corrected chi connectivity index (χ3v) is 4.82. The molecule has 0 saturated carbocycles. The monoisotopic (exact) mass is 332 g/mol. The van der Waals surface area contributed by atoms with Gasteiger partial charge in [0.1, 0.15) is 23.7 Å². The summed E-state index contributed by atoms with van der Waals surface area (Å²) >= 11 is 0.963. The van der Waals surface area contributed by atoms with Gasteiger partial charge in [-0.05, 0) is 6.92 Å². The summed E-state index contributed by atoms with van der Waals surface area (Å²) < 4.78 is 57.9. The first kappa shape index (κ1) is 16.8. The molecule has 2 aliphatic heterocycles. The van der Waals surface area contributed by atoms with Crippen molar-refractivity contribution < 1.29 is 32.5 Å².